The lowest BCUT2D eigenvalue weighted by Gasteiger charge is -2.19. The molecule has 2 atom stereocenters. The molecule has 0 saturated heterocycles. The Hall–Kier alpha value is -0.290. The van der Waals surface area contributed by atoms with Gasteiger partial charge in [-0.05, 0) is 24.6 Å². The molecule has 3 nitrogen and oxygen atoms in total. The number of hydrogen-bond acceptors (Lipinski definition) is 3. The van der Waals surface area contributed by atoms with E-state index >= 15 is 0 Å². The van der Waals surface area contributed by atoms with E-state index in [0.29, 0.717) is 15.6 Å². The largest absolute Gasteiger partial charge is 0.323 e. The first-order valence-corrected chi connectivity index (χ1v) is 7.34. The van der Waals surface area contributed by atoms with Gasteiger partial charge in [0, 0.05) is 22.3 Å². The Morgan fingerprint density at radius 3 is 2.31 bits per heavy atom. The number of halogens is 2. The third-order valence-corrected chi connectivity index (χ3v) is 4.71. The van der Waals surface area contributed by atoms with Gasteiger partial charge in [0.25, 0.3) is 0 Å². The van der Waals surface area contributed by atoms with E-state index in [1.54, 1.807) is 25.1 Å². The van der Waals surface area contributed by atoms with Crippen LogP contribution in [0, 0.1) is 0 Å². The number of sulfone groups is 1. The summed E-state index contributed by atoms with van der Waals surface area (Å²) in [6.07, 6.45) is 1.15. The Bertz CT molecular complexity index is 488. The molecule has 0 radical (unpaired) electrons. The molecule has 0 aromatic heterocycles. The predicted molar refractivity (Wildman–Crippen MR) is 67.7 cm³/mol. The summed E-state index contributed by atoms with van der Waals surface area (Å²) < 4.78 is 22.8. The summed E-state index contributed by atoms with van der Waals surface area (Å²) in [7, 11) is -3.19. The average Bonchev–Trinajstić information content (AvgIpc) is 2.14. The first-order valence-electron chi connectivity index (χ1n) is 4.63. The quantitative estimate of drug-likeness (QED) is 0.926. The van der Waals surface area contributed by atoms with Crippen LogP contribution in [0.1, 0.15) is 18.5 Å². The van der Waals surface area contributed by atoms with Crippen molar-refractivity contribution in [1.82, 2.24) is 0 Å². The van der Waals surface area contributed by atoms with Crippen LogP contribution in [0.3, 0.4) is 0 Å². The predicted octanol–water partition coefficient (Wildman–Crippen LogP) is 2.43. The van der Waals surface area contributed by atoms with Crippen LogP contribution in [0.15, 0.2) is 18.2 Å². The van der Waals surface area contributed by atoms with Crippen LogP contribution in [-0.4, -0.2) is 19.9 Å². The summed E-state index contributed by atoms with van der Waals surface area (Å²) in [5, 5.41) is 0.189. The van der Waals surface area contributed by atoms with Crippen LogP contribution in [0.4, 0.5) is 0 Å². The molecule has 1 aromatic carbocycles. The lowest BCUT2D eigenvalue weighted by molar-refractivity contribution is 0.571. The zero-order valence-corrected chi connectivity index (χ0v) is 11.3. The highest BCUT2D eigenvalue weighted by atomic mass is 35.5. The fraction of sp³-hybridized carbons (Fsp3) is 0.400. The molecule has 0 unspecified atom stereocenters. The Morgan fingerprint density at radius 2 is 1.88 bits per heavy atom. The van der Waals surface area contributed by atoms with Gasteiger partial charge in [-0.1, -0.05) is 29.3 Å². The maximum atomic E-state index is 11.4. The van der Waals surface area contributed by atoms with Crippen LogP contribution < -0.4 is 5.73 Å². The van der Waals surface area contributed by atoms with Gasteiger partial charge in [-0.25, -0.2) is 8.42 Å². The summed E-state index contributed by atoms with van der Waals surface area (Å²) in [5.41, 5.74) is 6.46. The maximum absolute atomic E-state index is 11.4. The zero-order chi connectivity index (χ0) is 12.5. The molecule has 0 aliphatic heterocycles. The highest BCUT2D eigenvalue weighted by Gasteiger charge is 2.25. The molecular formula is C10H13Cl2NO2S. The first-order chi connectivity index (χ1) is 7.23. The van der Waals surface area contributed by atoms with Crippen molar-refractivity contribution >= 4 is 33.0 Å². The van der Waals surface area contributed by atoms with Crippen LogP contribution in [0.2, 0.25) is 10.0 Å². The second-order valence-corrected chi connectivity index (χ2v) is 6.97. The Labute approximate surface area is 105 Å². The molecule has 0 aliphatic carbocycles. The van der Waals surface area contributed by atoms with Gasteiger partial charge in [-0.2, -0.15) is 0 Å². The number of benzene rings is 1. The number of hydrogen-bond donors (Lipinski definition) is 1. The van der Waals surface area contributed by atoms with E-state index in [9.17, 15) is 8.42 Å². The van der Waals surface area contributed by atoms with Gasteiger partial charge in [0.1, 0.15) is 0 Å². The lowest BCUT2D eigenvalue weighted by Crippen LogP contribution is -2.30. The van der Waals surface area contributed by atoms with Crippen molar-refractivity contribution < 1.29 is 8.42 Å². The summed E-state index contributed by atoms with van der Waals surface area (Å²) in [6, 6.07) is 4.18. The maximum Gasteiger partial charge on any atom is 0.151 e. The minimum atomic E-state index is -3.19. The summed E-state index contributed by atoms with van der Waals surface area (Å²) in [4.78, 5) is 0. The van der Waals surface area contributed by atoms with Crippen molar-refractivity contribution in [2.45, 2.75) is 18.2 Å². The average molecular weight is 282 g/mol. The van der Waals surface area contributed by atoms with Crippen LogP contribution in [0.5, 0.6) is 0 Å². The minimum absolute atomic E-state index is 0.385. The SMILES string of the molecule is C[C@@H]([C@@H](N)c1ccc(Cl)cc1Cl)S(C)(=O)=O. The monoisotopic (exact) mass is 281 g/mol. The Morgan fingerprint density at radius 1 is 1.31 bits per heavy atom. The van der Waals surface area contributed by atoms with Gasteiger partial charge in [-0.3, -0.25) is 0 Å². The molecule has 0 spiro atoms. The fourth-order valence-corrected chi connectivity index (χ4v) is 2.50. The molecule has 1 aromatic rings. The van der Waals surface area contributed by atoms with Gasteiger partial charge >= 0.3 is 0 Å². The van der Waals surface area contributed by atoms with Crippen molar-refractivity contribution in [1.29, 1.82) is 0 Å². The topological polar surface area (TPSA) is 60.2 Å². The van der Waals surface area contributed by atoms with E-state index < -0.39 is 21.1 Å². The van der Waals surface area contributed by atoms with Gasteiger partial charge in [0.2, 0.25) is 0 Å². The van der Waals surface area contributed by atoms with Crippen LogP contribution in [-0.2, 0) is 9.84 Å². The Kier molecular flexibility index (Phi) is 4.23. The normalized spacial score (nSPS) is 15.8. The zero-order valence-electron chi connectivity index (χ0n) is 8.94. The van der Waals surface area contributed by atoms with Gasteiger partial charge < -0.3 is 5.73 Å². The summed E-state index contributed by atoms with van der Waals surface area (Å²) >= 11 is 11.7. The third-order valence-electron chi connectivity index (χ3n) is 2.50. The third kappa shape index (κ3) is 3.10. The second-order valence-electron chi connectivity index (χ2n) is 3.73. The van der Waals surface area contributed by atoms with E-state index in [-0.39, 0.29) is 0 Å². The van der Waals surface area contributed by atoms with Crippen molar-refractivity contribution in [2.24, 2.45) is 5.73 Å². The van der Waals surface area contributed by atoms with Crippen LogP contribution in [0.25, 0.3) is 0 Å². The van der Waals surface area contributed by atoms with Gasteiger partial charge in [0.15, 0.2) is 9.84 Å². The molecule has 0 aliphatic rings. The molecule has 2 N–H and O–H groups in total. The highest BCUT2D eigenvalue weighted by Crippen LogP contribution is 2.28. The van der Waals surface area contributed by atoms with Crippen molar-refractivity contribution in [3.63, 3.8) is 0 Å². The molecule has 1 rings (SSSR count). The molecule has 0 amide bonds. The first kappa shape index (κ1) is 13.8. The van der Waals surface area contributed by atoms with E-state index in [4.69, 9.17) is 28.9 Å². The number of rotatable bonds is 3. The standard InChI is InChI=1S/C10H13Cl2NO2S/c1-6(16(2,14)15)10(13)8-4-3-7(11)5-9(8)12/h3-6,10H,13H2,1-2H3/t6-,10+/m0/s1. The molecule has 6 heteroatoms. The molecule has 0 heterocycles. The van der Waals surface area contributed by atoms with E-state index in [2.05, 4.69) is 0 Å². The lowest BCUT2D eigenvalue weighted by atomic mass is 10.1. The minimum Gasteiger partial charge on any atom is -0.323 e. The van der Waals surface area contributed by atoms with Crippen molar-refractivity contribution in [3.05, 3.63) is 33.8 Å². The van der Waals surface area contributed by atoms with Gasteiger partial charge in [0.05, 0.1) is 5.25 Å². The fourth-order valence-electron chi connectivity index (χ4n) is 1.29. The number of nitrogens with two attached hydrogens (primary N) is 1. The molecule has 0 saturated carbocycles. The highest BCUT2D eigenvalue weighted by molar-refractivity contribution is 7.91. The summed E-state index contributed by atoms with van der Waals surface area (Å²) in [6.45, 7) is 1.56. The van der Waals surface area contributed by atoms with Crippen molar-refractivity contribution in [3.8, 4) is 0 Å². The van der Waals surface area contributed by atoms with E-state index in [0.717, 1.165) is 6.26 Å². The van der Waals surface area contributed by atoms with E-state index in [1.807, 2.05) is 0 Å². The van der Waals surface area contributed by atoms with Crippen LogP contribution >= 0.6 is 23.2 Å². The smallest absolute Gasteiger partial charge is 0.151 e. The molecule has 0 fully saturated rings. The van der Waals surface area contributed by atoms with Gasteiger partial charge in [-0.15, -0.1) is 0 Å². The van der Waals surface area contributed by atoms with Crippen molar-refractivity contribution in [2.75, 3.05) is 6.26 Å². The van der Waals surface area contributed by atoms with E-state index in [1.165, 1.54) is 0 Å². The summed E-state index contributed by atoms with van der Waals surface area (Å²) in [5.74, 6) is 0. The molecular weight excluding hydrogens is 269 g/mol. The Balaban J connectivity index is 3.10. The molecule has 0 bridgehead atoms. The second kappa shape index (κ2) is 4.92. The molecule has 16 heavy (non-hydrogen) atoms. The molecule has 90 valence electrons.